The van der Waals surface area contributed by atoms with Gasteiger partial charge in [0, 0.05) is 43.0 Å². The summed E-state index contributed by atoms with van der Waals surface area (Å²) in [5.74, 6) is 0.504. The van der Waals surface area contributed by atoms with E-state index in [1.807, 2.05) is 31.2 Å². The highest BCUT2D eigenvalue weighted by atomic mass is 35.5. The molecule has 2 aromatic rings. The fourth-order valence-corrected chi connectivity index (χ4v) is 4.24. The number of amides is 2. The lowest BCUT2D eigenvalue weighted by Crippen LogP contribution is -2.52. The Hall–Kier alpha value is -2.57. The number of rotatable bonds is 4. The number of ether oxygens (including phenoxy) is 1. The van der Waals surface area contributed by atoms with Gasteiger partial charge in [-0.2, -0.15) is 0 Å². The van der Waals surface area contributed by atoms with E-state index in [0.29, 0.717) is 10.7 Å². The zero-order chi connectivity index (χ0) is 20.5. The minimum Gasteiger partial charge on any atom is -0.497 e. The van der Waals surface area contributed by atoms with Gasteiger partial charge in [-0.05, 0) is 36.8 Å². The Labute approximate surface area is 175 Å². The van der Waals surface area contributed by atoms with Gasteiger partial charge in [-0.3, -0.25) is 14.5 Å². The van der Waals surface area contributed by atoms with Crippen molar-refractivity contribution in [1.29, 1.82) is 0 Å². The predicted molar refractivity (Wildman–Crippen MR) is 114 cm³/mol. The normalized spacial score (nSPS) is 20.4. The summed E-state index contributed by atoms with van der Waals surface area (Å²) in [6.07, 6.45) is 0.212. The maximum Gasteiger partial charge on any atom is 0.251 e. The molecule has 152 valence electrons. The van der Waals surface area contributed by atoms with Gasteiger partial charge in [0.25, 0.3) is 5.91 Å². The number of carbonyl (C=O) groups excluding carboxylic acids is 2. The van der Waals surface area contributed by atoms with E-state index < -0.39 is 6.04 Å². The average molecular weight is 414 g/mol. The molecule has 0 N–H and O–H groups in total. The molecule has 4 rings (SSSR count). The van der Waals surface area contributed by atoms with Crippen molar-refractivity contribution in [3.8, 4) is 5.75 Å². The minimum atomic E-state index is -0.409. The molecule has 0 radical (unpaired) electrons. The van der Waals surface area contributed by atoms with Gasteiger partial charge in [-0.15, -0.1) is 0 Å². The second-order valence-electron chi connectivity index (χ2n) is 7.44. The molecule has 0 aromatic heterocycles. The molecule has 7 heteroatoms. The van der Waals surface area contributed by atoms with Crippen LogP contribution in [0.4, 0.5) is 11.4 Å². The Morgan fingerprint density at radius 3 is 2.52 bits per heavy atom. The van der Waals surface area contributed by atoms with Crippen molar-refractivity contribution in [3.05, 3.63) is 53.1 Å². The number of aryl methyl sites for hydroxylation is 1. The van der Waals surface area contributed by atoms with Gasteiger partial charge in [-0.25, -0.2) is 4.90 Å². The van der Waals surface area contributed by atoms with Crippen molar-refractivity contribution < 1.29 is 14.3 Å². The highest BCUT2D eigenvalue weighted by Crippen LogP contribution is 2.31. The first-order valence-electron chi connectivity index (χ1n) is 9.74. The number of nitrogens with zero attached hydrogens (tertiary/aromatic N) is 3. The van der Waals surface area contributed by atoms with Crippen LogP contribution >= 0.6 is 11.6 Å². The highest BCUT2D eigenvalue weighted by Gasteiger charge is 2.43. The van der Waals surface area contributed by atoms with Crippen molar-refractivity contribution in [2.24, 2.45) is 0 Å². The molecule has 0 bridgehead atoms. The summed E-state index contributed by atoms with van der Waals surface area (Å²) in [6.45, 7) is 4.92. The number of carbonyl (C=O) groups is 2. The number of hydrogen-bond donors (Lipinski definition) is 0. The number of piperazine rings is 1. The topological polar surface area (TPSA) is 53.1 Å². The van der Waals surface area contributed by atoms with E-state index in [1.165, 1.54) is 4.90 Å². The Balaban J connectivity index is 1.46. The maximum absolute atomic E-state index is 13.1. The Morgan fingerprint density at radius 1 is 1.03 bits per heavy atom. The van der Waals surface area contributed by atoms with Gasteiger partial charge in [0.1, 0.15) is 5.75 Å². The molecular weight excluding hydrogens is 390 g/mol. The molecule has 2 aromatic carbocycles. The summed E-state index contributed by atoms with van der Waals surface area (Å²) in [5, 5.41) is 0.515. The lowest BCUT2D eigenvalue weighted by molar-refractivity contribution is -0.123. The standard InChI is InChI=1S/C22H24ClN3O3/c1-15-6-7-16(23)12-19(15)26-21(27)14-20(22(26)28)25-10-8-24(9-11-25)17-4-3-5-18(13-17)29-2/h3-7,12-13,20H,8-11,14H2,1-2H3. The van der Waals surface area contributed by atoms with Gasteiger partial charge < -0.3 is 9.64 Å². The van der Waals surface area contributed by atoms with Crippen LogP contribution in [0.25, 0.3) is 0 Å². The molecule has 2 aliphatic rings. The third-order valence-corrected chi connectivity index (χ3v) is 5.94. The van der Waals surface area contributed by atoms with Gasteiger partial charge in [0.2, 0.25) is 5.91 Å². The molecular formula is C22H24ClN3O3. The maximum atomic E-state index is 13.1. The summed E-state index contributed by atoms with van der Waals surface area (Å²) >= 11 is 6.10. The second-order valence-corrected chi connectivity index (χ2v) is 7.88. The molecule has 29 heavy (non-hydrogen) atoms. The molecule has 1 unspecified atom stereocenters. The number of methoxy groups -OCH3 is 1. The SMILES string of the molecule is COc1cccc(N2CCN(C3CC(=O)N(c4cc(Cl)ccc4C)C3=O)CC2)c1. The van der Waals surface area contributed by atoms with Crippen LogP contribution in [0, 0.1) is 6.92 Å². The van der Waals surface area contributed by atoms with E-state index in [9.17, 15) is 9.59 Å². The second kappa shape index (κ2) is 8.05. The van der Waals surface area contributed by atoms with E-state index in [2.05, 4.69) is 15.9 Å². The lowest BCUT2D eigenvalue weighted by Gasteiger charge is -2.38. The number of imide groups is 1. The van der Waals surface area contributed by atoms with Crippen molar-refractivity contribution >= 4 is 34.8 Å². The predicted octanol–water partition coefficient (Wildman–Crippen LogP) is 3.11. The fraction of sp³-hybridized carbons (Fsp3) is 0.364. The number of benzene rings is 2. The molecule has 0 spiro atoms. The minimum absolute atomic E-state index is 0.157. The third kappa shape index (κ3) is 3.82. The van der Waals surface area contributed by atoms with Crippen LogP contribution in [0.1, 0.15) is 12.0 Å². The van der Waals surface area contributed by atoms with Gasteiger partial charge in [0.15, 0.2) is 0 Å². The van der Waals surface area contributed by atoms with Crippen molar-refractivity contribution in [1.82, 2.24) is 4.90 Å². The molecule has 2 saturated heterocycles. The van der Waals surface area contributed by atoms with E-state index >= 15 is 0 Å². The summed E-state index contributed by atoms with van der Waals surface area (Å²) in [7, 11) is 1.66. The Bertz CT molecular complexity index is 941. The zero-order valence-corrected chi connectivity index (χ0v) is 17.4. The molecule has 0 saturated carbocycles. The van der Waals surface area contributed by atoms with Gasteiger partial charge >= 0.3 is 0 Å². The first-order valence-corrected chi connectivity index (χ1v) is 10.1. The Kier molecular flexibility index (Phi) is 5.48. The first-order chi connectivity index (χ1) is 14.0. The van der Waals surface area contributed by atoms with E-state index in [0.717, 1.165) is 43.2 Å². The molecule has 2 amide bonds. The van der Waals surface area contributed by atoms with Crippen LogP contribution in [0.5, 0.6) is 5.75 Å². The molecule has 2 aliphatic heterocycles. The van der Waals surface area contributed by atoms with Crippen LogP contribution < -0.4 is 14.5 Å². The van der Waals surface area contributed by atoms with E-state index in [4.69, 9.17) is 16.3 Å². The van der Waals surface area contributed by atoms with Gasteiger partial charge in [-0.1, -0.05) is 23.7 Å². The Morgan fingerprint density at radius 2 is 1.79 bits per heavy atom. The van der Waals surface area contributed by atoms with E-state index in [1.54, 1.807) is 19.2 Å². The van der Waals surface area contributed by atoms with Crippen molar-refractivity contribution in [2.45, 2.75) is 19.4 Å². The summed E-state index contributed by atoms with van der Waals surface area (Å²) < 4.78 is 5.31. The van der Waals surface area contributed by atoms with Crippen LogP contribution in [-0.2, 0) is 9.59 Å². The summed E-state index contributed by atoms with van der Waals surface area (Å²) in [6, 6.07) is 12.9. The molecule has 6 nitrogen and oxygen atoms in total. The fourth-order valence-electron chi connectivity index (χ4n) is 4.08. The largest absolute Gasteiger partial charge is 0.497 e. The quantitative estimate of drug-likeness (QED) is 0.721. The lowest BCUT2D eigenvalue weighted by atomic mass is 10.1. The van der Waals surface area contributed by atoms with Gasteiger partial charge in [0.05, 0.1) is 25.3 Å². The summed E-state index contributed by atoms with van der Waals surface area (Å²) in [5.41, 5.74) is 2.55. The number of hydrogen-bond acceptors (Lipinski definition) is 5. The smallest absolute Gasteiger partial charge is 0.251 e. The zero-order valence-electron chi connectivity index (χ0n) is 16.6. The molecule has 1 atom stereocenters. The van der Waals surface area contributed by atoms with Crippen LogP contribution in [-0.4, -0.2) is 56.0 Å². The van der Waals surface area contributed by atoms with Crippen LogP contribution in [0.15, 0.2) is 42.5 Å². The van der Waals surface area contributed by atoms with E-state index in [-0.39, 0.29) is 18.2 Å². The summed E-state index contributed by atoms with van der Waals surface area (Å²) in [4.78, 5) is 31.5. The van der Waals surface area contributed by atoms with Crippen LogP contribution in [0.3, 0.4) is 0 Å². The average Bonchev–Trinajstić information content (AvgIpc) is 3.04. The van der Waals surface area contributed by atoms with Crippen LogP contribution in [0.2, 0.25) is 5.02 Å². The highest BCUT2D eigenvalue weighted by molar-refractivity contribution is 6.31. The molecule has 0 aliphatic carbocycles. The molecule has 2 fully saturated rings. The number of anilines is 2. The van der Waals surface area contributed by atoms with Crippen molar-refractivity contribution in [3.63, 3.8) is 0 Å². The first kappa shape index (κ1) is 19.7. The third-order valence-electron chi connectivity index (χ3n) is 5.71. The van der Waals surface area contributed by atoms with Crippen molar-refractivity contribution in [2.75, 3.05) is 43.1 Å². The molecule has 2 heterocycles. The number of halogens is 1. The monoisotopic (exact) mass is 413 g/mol.